The predicted octanol–water partition coefficient (Wildman–Crippen LogP) is 4.49. The van der Waals surface area contributed by atoms with Gasteiger partial charge in [-0.15, -0.1) is 0 Å². The Bertz CT molecular complexity index is 1590. The summed E-state index contributed by atoms with van der Waals surface area (Å²) in [7, 11) is -2.10. The Hall–Kier alpha value is -3.42. The number of methoxy groups -OCH3 is 1. The zero-order valence-electron chi connectivity index (χ0n) is 19.4. The van der Waals surface area contributed by atoms with Gasteiger partial charge in [0.05, 0.1) is 12.0 Å². The van der Waals surface area contributed by atoms with Crippen molar-refractivity contribution in [2.75, 3.05) is 20.2 Å². The number of benzene rings is 3. The lowest BCUT2D eigenvalue weighted by Gasteiger charge is -2.42. The molecule has 7 heteroatoms. The van der Waals surface area contributed by atoms with Crippen LogP contribution >= 0.6 is 0 Å². The van der Waals surface area contributed by atoms with Crippen molar-refractivity contribution < 1.29 is 13.2 Å². The molecule has 0 amide bonds. The highest BCUT2D eigenvalue weighted by atomic mass is 32.2. The van der Waals surface area contributed by atoms with Gasteiger partial charge in [0.2, 0.25) is 10.0 Å². The minimum Gasteiger partial charge on any atom is -0.497 e. The Labute approximate surface area is 204 Å². The third-order valence-electron chi connectivity index (χ3n) is 7.31. The van der Waals surface area contributed by atoms with Gasteiger partial charge in [0.15, 0.2) is 0 Å². The normalized spacial score (nSPS) is 19.9. The number of sulfonamides is 1. The van der Waals surface area contributed by atoms with Crippen LogP contribution in [0.25, 0.3) is 21.9 Å². The quantitative estimate of drug-likeness (QED) is 0.426. The van der Waals surface area contributed by atoms with Crippen LogP contribution in [0.1, 0.15) is 18.0 Å². The number of piperidine rings is 1. The van der Waals surface area contributed by atoms with Crippen LogP contribution < -0.4 is 10.3 Å². The van der Waals surface area contributed by atoms with Gasteiger partial charge in [0.1, 0.15) is 5.75 Å². The standard InChI is InChI=1S/C28H26N2O4S/c1-34-24-8-10-25(11-9-24)35(32,33)29-16-19-14-23(18-29)28-26(12-13-27(31)30(28)17-19)22-7-6-20-4-2-3-5-21(20)15-22/h2-13,15,19,23H,14,16-18H2,1H3/t19-,23-/m1/s1. The first-order valence-electron chi connectivity index (χ1n) is 11.8. The van der Waals surface area contributed by atoms with Gasteiger partial charge < -0.3 is 9.30 Å². The van der Waals surface area contributed by atoms with Crippen LogP contribution in [0.4, 0.5) is 0 Å². The highest BCUT2D eigenvalue weighted by Gasteiger charge is 2.40. The van der Waals surface area contributed by atoms with E-state index < -0.39 is 10.0 Å². The number of aromatic nitrogens is 1. The van der Waals surface area contributed by atoms with Gasteiger partial charge in [0.25, 0.3) is 5.56 Å². The fraction of sp³-hybridized carbons (Fsp3) is 0.250. The molecule has 2 bridgehead atoms. The number of ether oxygens (including phenoxy) is 1. The van der Waals surface area contributed by atoms with Gasteiger partial charge in [-0.3, -0.25) is 4.79 Å². The minimum absolute atomic E-state index is 0.0225. The smallest absolute Gasteiger partial charge is 0.250 e. The first-order chi connectivity index (χ1) is 16.9. The van der Waals surface area contributed by atoms with Crippen LogP contribution in [-0.2, 0) is 16.6 Å². The molecule has 6 rings (SSSR count). The average molecular weight is 487 g/mol. The Balaban J connectivity index is 1.41. The highest BCUT2D eigenvalue weighted by molar-refractivity contribution is 7.89. The fourth-order valence-corrected chi connectivity index (χ4v) is 7.23. The van der Waals surface area contributed by atoms with E-state index in [1.54, 1.807) is 41.7 Å². The summed E-state index contributed by atoms with van der Waals surface area (Å²) in [5.41, 5.74) is 2.97. The van der Waals surface area contributed by atoms with E-state index in [1.807, 2.05) is 22.8 Å². The van der Waals surface area contributed by atoms with Crippen molar-refractivity contribution in [3.8, 4) is 16.9 Å². The van der Waals surface area contributed by atoms with Crippen LogP contribution in [0.15, 0.2) is 88.6 Å². The molecule has 2 aliphatic rings. The van der Waals surface area contributed by atoms with Gasteiger partial charge in [-0.1, -0.05) is 36.4 Å². The Morgan fingerprint density at radius 3 is 2.40 bits per heavy atom. The molecule has 0 saturated carbocycles. The summed E-state index contributed by atoms with van der Waals surface area (Å²) in [6.45, 7) is 1.30. The second-order valence-electron chi connectivity index (χ2n) is 9.44. The van der Waals surface area contributed by atoms with Crippen molar-refractivity contribution >= 4 is 20.8 Å². The second kappa shape index (κ2) is 8.36. The summed E-state index contributed by atoms with van der Waals surface area (Å²) in [5, 5.41) is 2.30. The largest absolute Gasteiger partial charge is 0.497 e. The molecule has 1 saturated heterocycles. The van der Waals surface area contributed by atoms with Gasteiger partial charge in [-0.2, -0.15) is 4.31 Å². The summed E-state index contributed by atoms with van der Waals surface area (Å²) in [6, 6.07) is 24.6. The highest BCUT2D eigenvalue weighted by Crippen LogP contribution is 2.41. The topological polar surface area (TPSA) is 68.6 Å². The molecule has 35 heavy (non-hydrogen) atoms. The Morgan fingerprint density at radius 2 is 1.63 bits per heavy atom. The van der Waals surface area contributed by atoms with Crippen molar-refractivity contribution in [3.05, 3.63) is 94.9 Å². The predicted molar refractivity (Wildman–Crippen MR) is 136 cm³/mol. The third-order valence-corrected chi connectivity index (χ3v) is 9.16. The summed E-state index contributed by atoms with van der Waals surface area (Å²) in [4.78, 5) is 13.1. The molecule has 3 aromatic carbocycles. The van der Waals surface area contributed by atoms with E-state index in [0.717, 1.165) is 34.0 Å². The summed E-state index contributed by atoms with van der Waals surface area (Å²) in [6.07, 6.45) is 0.874. The molecule has 1 fully saturated rings. The van der Waals surface area contributed by atoms with E-state index in [2.05, 4.69) is 30.3 Å². The molecule has 0 aliphatic carbocycles. The van der Waals surface area contributed by atoms with E-state index >= 15 is 0 Å². The molecular formula is C28H26N2O4S. The van der Waals surface area contributed by atoms with Crippen molar-refractivity contribution in [3.63, 3.8) is 0 Å². The maximum atomic E-state index is 13.5. The van der Waals surface area contributed by atoms with Crippen LogP contribution in [-0.4, -0.2) is 37.5 Å². The number of hydrogen-bond donors (Lipinski definition) is 0. The Morgan fingerprint density at radius 1 is 0.857 bits per heavy atom. The Kier molecular flexibility index (Phi) is 5.27. The molecule has 178 valence electrons. The van der Waals surface area contributed by atoms with Crippen LogP contribution in [0.2, 0.25) is 0 Å². The molecular weight excluding hydrogens is 460 g/mol. The number of pyridine rings is 1. The molecule has 4 aromatic rings. The third kappa shape index (κ3) is 3.75. The zero-order valence-corrected chi connectivity index (χ0v) is 20.2. The van der Waals surface area contributed by atoms with Crippen LogP contribution in [0, 0.1) is 5.92 Å². The van der Waals surface area contributed by atoms with Crippen LogP contribution in [0.5, 0.6) is 5.75 Å². The summed E-state index contributed by atoms with van der Waals surface area (Å²) >= 11 is 0. The number of hydrogen-bond acceptors (Lipinski definition) is 4. The van der Waals surface area contributed by atoms with Crippen molar-refractivity contribution in [2.45, 2.75) is 23.8 Å². The molecule has 2 aliphatic heterocycles. The molecule has 0 unspecified atom stereocenters. The van der Waals surface area contributed by atoms with E-state index in [9.17, 15) is 13.2 Å². The molecule has 1 aromatic heterocycles. The molecule has 3 heterocycles. The number of fused-ring (bicyclic) bond motifs is 5. The van der Waals surface area contributed by atoms with E-state index in [0.29, 0.717) is 25.4 Å². The summed E-state index contributed by atoms with van der Waals surface area (Å²) < 4.78 is 35.7. The SMILES string of the molecule is COc1ccc(S(=O)(=O)N2C[C@H]3C[C@H](C2)c2c(-c4ccc5ccccc5c4)ccc(=O)n2C3)cc1. The van der Waals surface area contributed by atoms with Gasteiger partial charge >= 0.3 is 0 Å². The van der Waals surface area contributed by atoms with Crippen molar-refractivity contribution in [1.29, 1.82) is 0 Å². The number of nitrogens with zero attached hydrogens (tertiary/aromatic N) is 2. The molecule has 0 radical (unpaired) electrons. The van der Waals surface area contributed by atoms with Gasteiger partial charge in [-0.25, -0.2) is 8.42 Å². The second-order valence-corrected chi connectivity index (χ2v) is 11.4. The molecule has 0 spiro atoms. The number of rotatable bonds is 4. The first-order valence-corrected chi connectivity index (χ1v) is 13.2. The van der Waals surface area contributed by atoms with E-state index in [-0.39, 0.29) is 22.3 Å². The fourth-order valence-electron chi connectivity index (χ4n) is 5.67. The lowest BCUT2D eigenvalue weighted by atomic mass is 9.81. The van der Waals surface area contributed by atoms with E-state index in [1.165, 1.54) is 0 Å². The maximum Gasteiger partial charge on any atom is 0.250 e. The van der Waals surface area contributed by atoms with Crippen LogP contribution in [0.3, 0.4) is 0 Å². The maximum absolute atomic E-state index is 13.5. The first kappa shape index (κ1) is 22.1. The molecule has 6 nitrogen and oxygen atoms in total. The average Bonchev–Trinajstić information content (AvgIpc) is 2.89. The van der Waals surface area contributed by atoms with E-state index in [4.69, 9.17) is 4.74 Å². The lowest BCUT2D eigenvalue weighted by molar-refractivity contribution is 0.187. The van der Waals surface area contributed by atoms with Gasteiger partial charge in [-0.05, 0) is 65.1 Å². The van der Waals surface area contributed by atoms with Crippen molar-refractivity contribution in [2.24, 2.45) is 5.92 Å². The van der Waals surface area contributed by atoms with Gasteiger partial charge in [0, 0.05) is 42.9 Å². The monoisotopic (exact) mass is 486 g/mol. The van der Waals surface area contributed by atoms with Crippen molar-refractivity contribution in [1.82, 2.24) is 8.87 Å². The molecule has 2 atom stereocenters. The minimum atomic E-state index is -3.66. The summed E-state index contributed by atoms with van der Waals surface area (Å²) in [5.74, 6) is 0.664. The lowest BCUT2D eigenvalue weighted by Crippen LogP contribution is -2.49. The zero-order chi connectivity index (χ0) is 24.2. The molecule has 0 N–H and O–H groups in total.